The molecule has 0 unspecified atom stereocenters. The van der Waals surface area contributed by atoms with Gasteiger partial charge < -0.3 is 15.4 Å². The van der Waals surface area contributed by atoms with E-state index in [9.17, 15) is 14.9 Å². The van der Waals surface area contributed by atoms with Crippen molar-refractivity contribution in [2.24, 2.45) is 0 Å². The minimum absolute atomic E-state index is 0.110. The number of ether oxygens (including phenoxy) is 1. The van der Waals surface area contributed by atoms with Gasteiger partial charge in [0.1, 0.15) is 6.61 Å². The number of nitrogens with zero attached hydrogens (tertiary/aromatic N) is 1. The molecular formula is C11H13N3O4. The first-order chi connectivity index (χ1) is 8.61. The third-order valence-electron chi connectivity index (χ3n) is 2.62. The van der Waals surface area contributed by atoms with Crippen molar-refractivity contribution in [2.75, 3.05) is 25.5 Å². The summed E-state index contributed by atoms with van der Waals surface area (Å²) in [6, 6.07) is 2.90. The van der Waals surface area contributed by atoms with Crippen molar-refractivity contribution < 1.29 is 14.5 Å². The first kappa shape index (κ1) is 12.3. The van der Waals surface area contributed by atoms with Crippen LogP contribution in [0.1, 0.15) is 5.56 Å². The van der Waals surface area contributed by atoms with E-state index >= 15 is 0 Å². The molecular weight excluding hydrogens is 238 g/mol. The van der Waals surface area contributed by atoms with Crippen LogP contribution in [-0.4, -0.2) is 31.0 Å². The molecule has 0 atom stereocenters. The minimum Gasteiger partial charge on any atom is -0.485 e. The molecule has 1 aromatic carbocycles. The van der Waals surface area contributed by atoms with Crippen molar-refractivity contribution in [3.63, 3.8) is 0 Å². The summed E-state index contributed by atoms with van der Waals surface area (Å²) in [6.07, 6.45) is 0.174. The predicted octanol–water partition coefficient (Wildman–Crippen LogP) is 0.688. The van der Waals surface area contributed by atoms with Gasteiger partial charge in [0.25, 0.3) is 0 Å². The van der Waals surface area contributed by atoms with Crippen LogP contribution in [0.4, 0.5) is 11.4 Å². The molecule has 0 saturated heterocycles. The number of amides is 1. The number of fused-ring (bicyclic) bond motifs is 1. The second kappa shape index (κ2) is 5.01. The molecule has 7 heteroatoms. The second-order valence-electron chi connectivity index (χ2n) is 3.91. The Morgan fingerprint density at radius 1 is 1.56 bits per heavy atom. The molecule has 18 heavy (non-hydrogen) atoms. The summed E-state index contributed by atoms with van der Waals surface area (Å²) in [5.74, 6) is 0.0165. The fourth-order valence-electron chi connectivity index (χ4n) is 1.76. The predicted molar refractivity (Wildman–Crippen MR) is 64.9 cm³/mol. The molecule has 96 valence electrons. The van der Waals surface area contributed by atoms with Crippen LogP contribution in [0.15, 0.2) is 12.1 Å². The molecule has 1 heterocycles. The van der Waals surface area contributed by atoms with E-state index in [1.165, 1.54) is 12.1 Å². The third-order valence-corrected chi connectivity index (χ3v) is 2.62. The smallest absolute Gasteiger partial charge is 0.311 e. The van der Waals surface area contributed by atoms with Crippen LogP contribution in [0.3, 0.4) is 0 Å². The number of nitro groups is 1. The van der Waals surface area contributed by atoms with Crippen LogP contribution in [0, 0.1) is 10.1 Å². The summed E-state index contributed by atoms with van der Waals surface area (Å²) in [5, 5.41) is 16.5. The molecule has 7 nitrogen and oxygen atoms in total. The Balaban J connectivity index is 2.29. The minimum atomic E-state index is -0.502. The normalized spacial score (nSPS) is 13.1. The van der Waals surface area contributed by atoms with E-state index in [0.717, 1.165) is 0 Å². The Bertz CT molecular complexity index is 501. The van der Waals surface area contributed by atoms with Gasteiger partial charge in [-0.15, -0.1) is 0 Å². The highest BCUT2D eigenvalue weighted by Crippen LogP contribution is 2.35. The van der Waals surface area contributed by atoms with Crippen LogP contribution in [0.2, 0.25) is 0 Å². The maximum Gasteiger partial charge on any atom is 0.311 e. The van der Waals surface area contributed by atoms with E-state index in [0.29, 0.717) is 24.4 Å². The van der Waals surface area contributed by atoms with Crippen LogP contribution < -0.4 is 15.4 Å². The van der Waals surface area contributed by atoms with Crippen molar-refractivity contribution in [3.05, 3.63) is 27.8 Å². The first-order valence-corrected chi connectivity index (χ1v) is 5.50. The average molecular weight is 251 g/mol. The molecule has 0 bridgehead atoms. The van der Waals surface area contributed by atoms with Crippen LogP contribution in [-0.2, 0) is 11.2 Å². The zero-order chi connectivity index (χ0) is 13.1. The Labute approximate surface area is 103 Å². The van der Waals surface area contributed by atoms with Gasteiger partial charge in [0.15, 0.2) is 5.75 Å². The number of rotatable bonds is 5. The number of nitro benzene ring substituents is 1. The molecule has 0 radical (unpaired) electrons. The Morgan fingerprint density at radius 2 is 2.33 bits per heavy atom. The fourth-order valence-corrected chi connectivity index (χ4v) is 1.76. The van der Waals surface area contributed by atoms with Gasteiger partial charge in [-0.2, -0.15) is 0 Å². The summed E-state index contributed by atoms with van der Waals surface area (Å²) in [5.41, 5.74) is 1.11. The largest absolute Gasteiger partial charge is 0.485 e. The van der Waals surface area contributed by atoms with E-state index < -0.39 is 4.92 Å². The Hall–Kier alpha value is -2.15. The topological polar surface area (TPSA) is 93.5 Å². The molecule has 2 N–H and O–H groups in total. The summed E-state index contributed by atoms with van der Waals surface area (Å²) in [6.45, 7) is 0.907. The molecule has 0 saturated carbocycles. The van der Waals surface area contributed by atoms with Crippen LogP contribution >= 0.6 is 0 Å². The van der Waals surface area contributed by atoms with Crippen molar-refractivity contribution >= 4 is 17.3 Å². The van der Waals surface area contributed by atoms with Crippen molar-refractivity contribution in [3.8, 4) is 5.75 Å². The summed E-state index contributed by atoms with van der Waals surface area (Å²) in [7, 11) is 1.76. The second-order valence-corrected chi connectivity index (χ2v) is 3.91. The molecule has 0 spiro atoms. The third kappa shape index (κ3) is 2.40. The molecule has 0 fully saturated rings. The van der Waals surface area contributed by atoms with Crippen LogP contribution in [0.5, 0.6) is 5.75 Å². The van der Waals surface area contributed by atoms with E-state index in [1.807, 2.05) is 0 Å². The van der Waals surface area contributed by atoms with Gasteiger partial charge in [0, 0.05) is 24.4 Å². The number of hydrogen-bond donors (Lipinski definition) is 2. The monoisotopic (exact) mass is 251 g/mol. The first-order valence-electron chi connectivity index (χ1n) is 5.50. The Morgan fingerprint density at radius 3 is 3.00 bits per heavy atom. The van der Waals surface area contributed by atoms with E-state index in [1.54, 1.807) is 7.05 Å². The van der Waals surface area contributed by atoms with E-state index in [4.69, 9.17) is 4.74 Å². The highest BCUT2D eigenvalue weighted by atomic mass is 16.6. The zero-order valence-electron chi connectivity index (χ0n) is 9.86. The number of likely N-dealkylation sites (N-methyl/N-ethyl adjacent to an activating group) is 1. The van der Waals surface area contributed by atoms with E-state index in [2.05, 4.69) is 10.6 Å². The lowest BCUT2D eigenvalue weighted by atomic mass is 10.1. The SMILES string of the molecule is CNCCOc1cc2c(cc1[N+](=O)[O-])CC(=O)N2. The average Bonchev–Trinajstić information content (AvgIpc) is 2.67. The van der Waals surface area contributed by atoms with Gasteiger partial charge in [-0.05, 0) is 12.6 Å². The van der Waals surface area contributed by atoms with Gasteiger partial charge in [-0.3, -0.25) is 14.9 Å². The highest BCUT2D eigenvalue weighted by Gasteiger charge is 2.25. The summed E-state index contributed by atoms with van der Waals surface area (Å²) in [4.78, 5) is 21.7. The van der Waals surface area contributed by atoms with Gasteiger partial charge in [0.05, 0.1) is 11.3 Å². The molecule has 1 amide bonds. The van der Waals surface area contributed by atoms with E-state index in [-0.39, 0.29) is 23.8 Å². The molecule has 1 aliphatic rings. The number of anilines is 1. The zero-order valence-corrected chi connectivity index (χ0v) is 9.86. The lowest BCUT2D eigenvalue weighted by Gasteiger charge is -2.08. The maximum atomic E-state index is 11.2. The van der Waals surface area contributed by atoms with Crippen molar-refractivity contribution in [1.29, 1.82) is 0 Å². The van der Waals surface area contributed by atoms with Gasteiger partial charge in [0.2, 0.25) is 5.91 Å². The molecule has 2 rings (SSSR count). The van der Waals surface area contributed by atoms with Crippen molar-refractivity contribution in [1.82, 2.24) is 5.32 Å². The van der Waals surface area contributed by atoms with Crippen molar-refractivity contribution in [2.45, 2.75) is 6.42 Å². The van der Waals surface area contributed by atoms with Gasteiger partial charge in [-0.25, -0.2) is 0 Å². The van der Waals surface area contributed by atoms with Gasteiger partial charge in [-0.1, -0.05) is 0 Å². The number of nitrogens with one attached hydrogen (secondary N) is 2. The lowest BCUT2D eigenvalue weighted by molar-refractivity contribution is -0.385. The summed E-state index contributed by atoms with van der Waals surface area (Å²) >= 11 is 0. The quantitative estimate of drug-likeness (QED) is 0.456. The van der Waals surface area contributed by atoms with Crippen LogP contribution in [0.25, 0.3) is 0 Å². The number of carbonyl (C=O) groups excluding carboxylic acids is 1. The molecule has 1 aliphatic heterocycles. The highest BCUT2D eigenvalue weighted by molar-refractivity contribution is 5.99. The van der Waals surface area contributed by atoms with Gasteiger partial charge >= 0.3 is 5.69 Å². The number of hydrogen-bond acceptors (Lipinski definition) is 5. The number of carbonyl (C=O) groups is 1. The maximum absolute atomic E-state index is 11.2. The molecule has 0 aliphatic carbocycles. The Kier molecular flexibility index (Phi) is 3.42. The fraction of sp³-hybridized carbons (Fsp3) is 0.364. The number of benzene rings is 1. The standard InChI is InChI=1S/C11H13N3O4/c1-12-2-3-18-10-6-8-7(5-11(15)13-8)4-9(10)14(16)17/h4,6,12H,2-3,5H2,1H3,(H,13,15). The molecule has 1 aromatic rings. The molecule has 0 aromatic heterocycles. The lowest BCUT2D eigenvalue weighted by Crippen LogP contribution is -2.16. The summed E-state index contributed by atoms with van der Waals surface area (Å²) < 4.78 is 5.34.